The van der Waals surface area contributed by atoms with Crippen LogP contribution in [0.5, 0.6) is 5.75 Å². The van der Waals surface area contributed by atoms with Crippen molar-refractivity contribution >= 4 is 17.7 Å². The van der Waals surface area contributed by atoms with Gasteiger partial charge in [0.2, 0.25) is 0 Å². The molecule has 1 rings (SSSR count). The molecule has 0 aromatic heterocycles. The van der Waals surface area contributed by atoms with Crippen LogP contribution in [0.15, 0.2) is 30.3 Å². The molecule has 1 unspecified atom stereocenters. The lowest BCUT2D eigenvalue weighted by molar-refractivity contribution is -0.137. The third-order valence-corrected chi connectivity index (χ3v) is 2.90. The average molecular weight is 241 g/mol. The monoisotopic (exact) mass is 241 g/mol. The quantitative estimate of drug-likeness (QED) is 0.702. The third kappa shape index (κ3) is 5.04. The Kier molecular flexibility index (Phi) is 5.74. The van der Waals surface area contributed by atoms with Gasteiger partial charge in [-0.25, -0.2) is 0 Å². The van der Waals surface area contributed by atoms with Crippen LogP contribution in [0.2, 0.25) is 0 Å². The van der Waals surface area contributed by atoms with Crippen molar-refractivity contribution < 1.29 is 14.6 Å². The van der Waals surface area contributed by atoms with E-state index >= 15 is 0 Å². The molecule has 3 N–H and O–H groups in total. The Labute approximate surface area is 98.8 Å². The van der Waals surface area contributed by atoms with Crippen molar-refractivity contribution in [2.24, 2.45) is 5.73 Å². The molecule has 0 spiro atoms. The van der Waals surface area contributed by atoms with Gasteiger partial charge in [-0.3, -0.25) is 4.79 Å². The van der Waals surface area contributed by atoms with E-state index < -0.39 is 12.0 Å². The number of nitrogens with two attached hydrogens (primary N) is 1. The second-order valence-corrected chi connectivity index (χ2v) is 4.33. The van der Waals surface area contributed by atoms with Crippen molar-refractivity contribution in [3.8, 4) is 5.75 Å². The van der Waals surface area contributed by atoms with E-state index in [9.17, 15) is 4.79 Å². The van der Waals surface area contributed by atoms with E-state index in [1.807, 2.05) is 30.3 Å². The lowest BCUT2D eigenvalue weighted by atomic mass is 10.3. The van der Waals surface area contributed by atoms with Gasteiger partial charge in [0, 0.05) is 11.5 Å². The summed E-state index contributed by atoms with van der Waals surface area (Å²) < 4.78 is 5.44. The largest absolute Gasteiger partial charge is 0.493 e. The van der Waals surface area contributed by atoms with Gasteiger partial charge < -0.3 is 15.6 Å². The van der Waals surface area contributed by atoms with E-state index in [0.29, 0.717) is 12.4 Å². The number of ether oxygens (including phenoxy) is 1. The molecular formula is C11H15NO3S. The zero-order valence-corrected chi connectivity index (χ0v) is 9.65. The Morgan fingerprint density at radius 1 is 1.44 bits per heavy atom. The van der Waals surface area contributed by atoms with Gasteiger partial charge in [0.25, 0.3) is 0 Å². The summed E-state index contributed by atoms with van der Waals surface area (Å²) in [4.78, 5) is 10.4. The number of rotatable bonds is 7. The molecule has 0 aliphatic carbocycles. The number of hydrogen-bond donors (Lipinski definition) is 2. The SMILES string of the molecule is NC(CSCCOc1ccccc1)C(=O)O. The van der Waals surface area contributed by atoms with E-state index in [0.717, 1.165) is 11.5 Å². The molecule has 4 nitrogen and oxygen atoms in total. The van der Waals surface area contributed by atoms with Crippen LogP contribution in [0.1, 0.15) is 0 Å². The molecule has 1 aromatic carbocycles. The topological polar surface area (TPSA) is 72.5 Å². The molecule has 0 heterocycles. The van der Waals surface area contributed by atoms with Crippen LogP contribution in [0.3, 0.4) is 0 Å². The molecule has 0 radical (unpaired) electrons. The van der Waals surface area contributed by atoms with Gasteiger partial charge in [0.15, 0.2) is 0 Å². The number of benzene rings is 1. The lowest BCUT2D eigenvalue weighted by Crippen LogP contribution is -2.32. The first-order valence-electron chi connectivity index (χ1n) is 4.94. The fourth-order valence-electron chi connectivity index (χ4n) is 1.02. The number of carbonyl (C=O) groups is 1. The second-order valence-electron chi connectivity index (χ2n) is 3.18. The standard InChI is InChI=1S/C11H15NO3S/c12-10(11(13)14)8-16-7-6-15-9-4-2-1-3-5-9/h1-5,10H,6-8,12H2,(H,13,14). The van der Waals surface area contributed by atoms with Crippen molar-refractivity contribution in [1.82, 2.24) is 0 Å². The Hall–Kier alpha value is -1.20. The van der Waals surface area contributed by atoms with Gasteiger partial charge >= 0.3 is 5.97 Å². The second kappa shape index (κ2) is 7.14. The summed E-state index contributed by atoms with van der Waals surface area (Å²) in [6.45, 7) is 0.557. The predicted octanol–water partition coefficient (Wildman–Crippen LogP) is 1.21. The number of thioether (sulfide) groups is 1. The van der Waals surface area contributed by atoms with Crippen molar-refractivity contribution in [3.63, 3.8) is 0 Å². The van der Waals surface area contributed by atoms with Gasteiger partial charge in [0.1, 0.15) is 11.8 Å². The molecule has 16 heavy (non-hydrogen) atoms. The first-order chi connectivity index (χ1) is 7.70. The third-order valence-electron chi connectivity index (χ3n) is 1.85. The Morgan fingerprint density at radius 2 is 2.12 bits per heavy atom. The molecule has 0 aliphatic heterocycles. The molecule has 0 saturated heterocycles. The maximum atomic E-state index is 10.4. The summed E-state index contributed by atoms with van der Waals surface area (Å²) in [5, 5.41) is 8.55. The molecule has 5 heteroatoms. The van der Waals surface area contributed by atoms with Crippen LogP contribution < -0.4 is 10.5 Å². The van der Waals surface area contributed by atoms with Crippen molar-refractivity contribution in [2.45, 2.75) is 6.04 Å². The molecule has 1 aromatic rings. The first kappa shape index (κ1) is 12.9. The number of hydrogen-bond acceptors (Lipinski definition) is 4. The van der Waals surface area contributed by atoms with Crippen LogP contribution in [0, 0.1) is 0 Å². The number of para-hydroxylation sites is 1. The fourth-order valence-corrected chi connectivity index (χ4v) is 1.78. The summed E-state index contributed by atoms with van der Waals surface area (Å²) in [6.07, 6.45) is 0. The lowest BCUT2D eigenvalue weighted by Gasteiger charge is -2.07. The summed E-state index contributed by atoms with van der Waals surface area (Å²) in [5.41, 5.74) is 5.35. The van der Waals surface area contributed by atoms with Gasteiger partial charge in [-0.2, -0.15) is 11.8 Å². The molecular weight excluding hydrogens is 226 g/mol. The normalized spacial score (nSPS) is 12.1. The van der Waals surface area contributed by atoms with E-state index in [1.165, 1.54) is 11.8 Å². The Bertz CT molecular complexity index is 318. The highest BCUT2D eigenvalue weighted by molar-refractivity contribution is 7.99. The summed E-state index contributed by atoms with van der Waals surface area (Å²) in [6, 6.07) is 8.71. The summed E-state index contributed by atoms with van der Waals surface area (Å²) in [7, 11) is 0. The first-order valence-corrected chi connectivity index (χ1v) is 6.09. The molecule has 88 valence electrons. The predicted molar refractivity (Wildman–Crippen MR) is 64.9 cm³/mol. The Balaban J connectivity index is 2.07. The summed E-state index contributed by atoms with van der Waals surface area (Å²) in [5.74, 6) is 1.01. The fraction of sp³-hybridized carbons (Fsp3) is 0.364. The van der Waals surface area contributed by atoms with E-state index in [1.54, 1.807) is 0 Å². The minimum atomic E-state index is -0.962. The molecule has 1 atom stereocenters. The van der Waals surface area contributed by atoms with Crippen molar-refractivity contribution in [1.29, 1.82) is 0 Å². The number of carboxylic acid groups (broad SMARTS) is 1. The molecule has 0 saturated carbocycles. The van der Waals surface area contributed by atoms with Crippen molar-refractivity contribution in [2.75, 3.05) is 18.1 Å². The number of carboxylic acids is 1. The van der Waals surface area contributed by atoms with Crippen molar-refractivity contribution in [3.05, 3.63) is 30.3 Å². The molecule has 0 bridgehead atoms. The van der Waals surface area contributed by atoms with Gasteiger partial charge in [-0.05, 0) is 12.1 Å². The van der Waals surface area contributed by atoms with E-state index in [2.05, 4.69) is 0 Å². The smallest absolute Gasteiger partial charge is 0.321 e. The van der Waals surface area contributed by atoms with Crippen LogP contribution in [-0.4, -0.2) is 35.2 Å². The highest BCUT2D eigenvalue weighted by atomic mass is 32.2. The maximum Gasteiger partial charge on any atom is 0.321 e. The van der Waals surface area contributed by atoms with Gasteiger partial charge in [0.05, 0.1) is 6.61 Å². The van der Waals surface area contributed by atoms with E-state index in [4.69, 9.17) is 15.6 Å². The number of aliphatic carboxylic acids is 1. The summed E-state index contributed by atoms with van der Waals surface area (Å²) >= 11 is 1.48. The van der Waals surface area contributed by atoms with Crippen LogP contribution in [-0.2, 0) is 4.79 Å². The molecule has 0 fully saturated rings. The zero-order chi connectivity index (χ0) is 11.8. The van der Waals surface area contributed by atoms with E-state index in [-0.39, 0.29) is 0 Å². The minimum Gasteiger partial charge on any atom is -0.493 e. The maximum absolute atomic E-state index is 10.4. The van der Waals surface area contributed by atoms with Gasteiger partial charge in [-0.15, -0.1) is 0 Å². The molecule has 0 amide bonds. The van der Waals surface area contributed by atoms with Crippen LogP contribution in [0.4, 0.5) is 0 Å². The van der Waals surface area contributed by atoms with Crippen LogP contribution >= 0.6 is 11.8 Å². The highest BCUT2D eigenvalue weighted by Crippen LogP contribution is 2.09. The highest BCUT2D eigenvalue weighted by Gasteiger charge is 2.10. The average Bonchev–Trinajstić information content (AvgIpc) is 2.29. The Morgan fingerprint density at radius 3 is 2.75 bits per heavy atom. The van der Waals surface area contributed by atoms with Gasteiger partial charge in [-0.1, -0.05) is 18.2 Å². The van der Waals surface area contributed by atoms with Crippen LogP contribution in [0.25, 0.3) is 0 Å². The zero-order valence-electron chi connectivity index (χ0n) is 8.83. The minimum absolute atomic E-state index is 0.410. The molecule has 0 aliphatic rings.